The minimum Gasteiger partial charge on any atom is -0.465 e. The summed E-state index contributed by atoms with van der Waals surface area (Å²) in [5, 5.41) is 12.7. The summed E-state index contributed by atoms with van der Waals surface area (Å²) in [5.74, 6) is 3.40. The van der Waals surface area contributed by atoms with Gasteiger partial charge in [-0.2, -0.15) is 0 Å². The molecule has 0 aromatic carbocycles. The lowest BCUT2D eigenvalue weighted by Gasteiger charge is -2.57. The van der Waals surface area contributed by atoms with E-state index in [-0.39, 0.29) is 12.1 Å². The number of alkyl carbamates (subject to hydrolysis) is 1. The highest BCUT2D eigenvalue weighted by Gasteiger charge is 2.55. The number of nitrogens with one attached hydrogen (secondary N) is 1. The van der Waals surface area contributed by atoms with Gasteiger partial charge in [0.2, 0.25) is 0 Å². The second kappa shape index (κ2) is 6.69. The highest BCUT2D eigenvalue weighted by atomic mass is 16.5. The predicted molar refractivity (Wildman–Crippen MR) is 92.2 cm³/mol. The lowest BCUT2D eigenvalue weighted by atomic mass is 9.50. The molecule has 5 rings (SSSR count). The van der Waals surface area contributed by atoms with Gasteiger partial charge < -0.3 is 20.1 Å². The zero-order chi connectivity index (χ0) is 17.6. The van der Waals surface area contributed by atoms with Crippen molar-refractivity contribution >= 4 is 12.2 Å². The largest absolute Gasteiger partial charge is 0.465 e. The third-order valence-corrected chi connectivity index (χ3v) is 7.13. The van der Waals surface area contributed by atoms with Crippen molar-refractivity contribution < 1.29 is 19.4 Å². The van der Waals surface area contributed by atoms with E-state index in [1.165, 1.54) is 32.1 Å². The van der Waals surface area contributed by atoms with E-state index in [0.29, 0.717) is 37.3 Å². The van der Waals surface area contributed by atoms with Gasteiger partial charge in [0.05, 0.1) is 18.7 Å². The molecule has 2 unspecified atom stereocenters. The van der Waals surface area contributed by atoms with Gasteiger partial charge in [-0.3, -0.25) is 0 Å². The number of hydrogen-bond donors (Lipinski definition) is 2. The summed E-state index contributed by atoms with van der Waals surface area (Å²) in [6.07, 6.45) is 6.67. The molecular formula is C19H30N2O4. The Morgan fingerprint density at radius 3 is 2.32 bits per heavy atom. The number of amides is 2. The van der Waals surface area contributed by atoms with Crippen molar-refractivity contribution in [3.05, 3.63) is 0 Å². The van der Waals surface area contributed by atoms with Gasteiger partial charge in [0, 0.05) is 6.54 Å². The molecule has 0 aromatic heterocycles. The van der Waals surface area contributed by atoms with Gasteiger partial charge in [-0.15, -0.1) is 0 Å². The van der Waals surface area contributed by atoms with E-state index in [0.717, 1.165) is 18.3 Å². The minimum absolute atomic E-state index is 0.0818. The normalized spacial score (nSPS) is 41.8. The number of carbonyl (C=O) groups excluding carboxylic acids is 1. The highest BCUT2D eigenvalue weighted by Crippen LogP contribution is 2.58. The summed E-state index contributed by atoms with van der Waals surface area (Å²) in [6, 6.07) is -0.190. The zero-order valence-electron chi connectivity index (χ0n) is 15.0. The molecule has 2 amide bonds. The highest BCUT2D eigenvalue weighted by molar-refractivity contribution is 5.69. The van der Waals surface area contributed by atoms with E-state index in [4.69, 9.17) is 4.74 Å². The first-order chi connectivity index (χ1) is 12.1. The molecule has 4 bridgehead atoms. The fourth-order valence-electron chi connectivity index (χ4n) is 6.58. The fourth-order valence-corrected chi connectivity index (χ4v) is 6.58. The molecule has 1 aliphatic heterocycles. The Morgan fingerprint density at radius 2 is 1.76 bits per heavy atom. The van der Waals surface area contributed by atoms with Crippen LogP contribution in [-0.2, 0) is 4.74 Å². The number of hydrogen-bond acceptors (Lipinski definition) is 3. The number of carbonyl (C=O) groups is 2. The molecule has 25 heavy (non-hydrogen) atoms. The van der Waals surface area contributed by atoms with Crippen LogP contribution in [-0.4, -0.2) is 47.4 Å². The molecule has 1 heterocycles. The van der Waals surface area contributed by atoms with Gasteiger partial charge >= 0.3 is 12.2 Å². The summed E-state index contributed by atoms with van der Waals surface area (Å²) in [5.41, 5.74) is 0. The number of rotatable bonds is 4. The molecule has 6 heteroatoms. The molecule has 0 spiro atoms. The first kappa shape index (κ1) is 17.0. The predicted octanol–water partition coefficient (Wildman–Crippen LogP) is 3.32. The maximum atomic E-state index is 12.1. The summed E-state index contributed by atoms with van der Waals surface area (Å²) in [4.78, 5) is 25.5. The van der Waals surface area contributed by atoms with Crippen LogP contribution in [0.15, 0.2) is 0 Å². The van der Waals surface area contributed by atoms with Gasteiger partial charge in [-0.1, -0.05) is 6.92 Å². The van der Waals surface area contributed by atoms with Gasteiger partial charge in [0.1, 0.15) is 0 Å². The van der Waals surface area contributed by atoms with Gasteiger partial charge in [0.25, 0.3) is 0 Å². The van der Waals surface area contributed by atoms with E-state index < -0.39 is 12.2 Å². The Morgan fingerprint density at radius 1 is 1.12 bits per heavy atom. The first-order valence-corrected chi connectivity index (χ1v) is 9.99. The van der Waals surface area contributed by atoms with Crippen LogP contribution in [0.2, 0.25) is 0 Å². The second-order valence-corrected chi connectivity index (χ2v) is 8.65. The van der Waals surface area contributed by atoms with E-state index in [9.17, 15) is 14.7 Å². The summed E-state index contributed by atoms with van der Waals surface area (Å²) in [6.45, 7) is 2.89. The molecule has 0 radical (unpaired) electrons. The number of carboxylic acid groups (broad SMARTS) is 1. The second-order valence-electron chi connectivity index (χ2n) is 8.65. The van der Waals surface area contributed by atoms with Crippen LogP contribution in [0.25, 0.3) is 0 Å². The van der Waals surface area contributed by atoms with E-state index in [1.807, 2.05) is 6.92 Å². The van der Waals surface area contributed by atoms with Crippen LogP contribution < -0.4 is 5.32 Å². The molecule has 4 aliphatic carbocycles. The Labute approximate surface area is 149 Å². The lowest BCUT2D eigenvalue weighted by Crippen LogP contribution is -2.58. The molecule has 0 aromatic rings. The monoisotopic (exact) mass is 350 g/mol. The lowest BCUT2D eigenvalue weighted by molar-refractivity contribution is -0.0674. The zero-order valence-corrected chi connectivity index (χ0v) is 15.0. The smallest absolute Gasteiger partial charge is 0.407 e. The average Bonchev–Trinajstić information content (AvgIpc) is 2.95. The average molecular weight is 350 g/mol. The van der Waals surface area contributed by atoms with Crippen molar-refractivity contribution in [3.63, 3.8) is 0 Å². The summed E-state index contributed by atoms with van der Waals surface area (Å²) >= 11 is 0. The molecule has 6 nitrogen and oxygen atoms in total. The number of nitrogens with zero attached hydrogens (tertiary/aromatic N) is 1. The van der Waals surface area contributed by atoms with Gasteiger partial charge in [-0.25, -0.2) is 9.59 Å². The SMILES string of the molecule is CCCOC(=O)NC1CCN(C(=O)O)C1C1C2CC3CC(C2)CC1C3. The Bertz CT molecular complexity index is 510. The summed E-state index contributed by atoms with van der Waals surface area (Å²) < 4.78 is 5.19. The molecule has 1 saturated heterocycles. The molecule has 2 atom stereocenters. The molecule has 2 N–H and O–H groups in total. The minimum atomic E-state index is -0.843. The standard InChI is InChI=1S/C19H30N2O4/c1-2-5-25-18(22)20-15-3-4-21(19(23)24)17(15)16-13-7-11-6-12(9-13)10-14(16)8-11/h11-17H,2-10H2,1H3,(H,20,22)(H,23,24). The van der Waals surface area contributed by atoms with Crippen molar-refractivity contribution in [1.29, 1.82) is 0 Å². The van der Waals surface area contributed by atoms with Crippen molar-refractivity contribution in [2.24, 2.45) is 29.6 Å². The van der Waals surface area contributed by atoms with Crippen molar-refractivity contribution in [2.45, 2.75) is 64.0 Å². The Balaban J connectivity index is 1.52. The summed E-state index contributed by atoms with van der Waals surface area (Å²) in [7, 11) is 0. The molecule has 4 saturated carbocycles. The van der Waals surface area contributed by atoms with Crippen LogP contribution in [0, 0.1) is 29.6 Å². The number of ether oxygens (including phenoxy) is 1. The van der Waals surface area contributed by atoms with Crippen molar-refractivity contribution in [3.8, 4) is 0 Å². The Hall–Kier alpha value is -1.46. The van der Waals surface area contributed by atoms with Crippen LogP contribution in [0.5, 0.6) is 0 Å². The van der Waals surface area contributed by atoms with Crippen molar-refractivity contribution in [2.75, 3.05) is 13.2 Å². The fraction of sp³-hybridized carbons (Fsp3) is 0.895. The molecule has 5 aliphatic rings. The van der Waals surface area contributed by atoms with E-state index >= 15 is 0 Å². The van der Waals surface area contributed by atoms with Crippen LogP contribution >= 0.6 is 0 Å². The molecular weight excluding hydrogens is 320 g/mol. The van der Waals surface area contributed by atoms with Gasteiger partial charge in [-0.05, 0) is 74.5 Å². The topological polar surface area (TPSA) is 78.9 Å². The van der Waals surface area contributed by atoms with E-state index in [1.54, 1.807) is 4.90 Å². The molecule has 5 fully saturated rings. The molecule has 140 valence electrons. The third kappa shape index (κ3) is 3.08. The Kier molecular flexibility index (Phi) is 4.54. The maximum absolute atomic E-state index is 12.1. The number of likely N-dealkylation sites (tertiary alicyclic amines) is 1. The van der Waals surface area contributed by atoms with Crippen LogP contribution in [0.4, 0.5) is 9.59 Å². The van der Waals surface area contributed by atoms with Gasteiger partial charge in [0.15, 0.2) is 0 Å². The first-order valence-electron chi connectivity index (χ1n) is 9.99. The van der Waals surface area contributed by atoms with E-state index in [2.05, 4.69) is 5.32 Å². The maximum Gasteiger partial charge on any atom is 0.407 e. The quantitative estimate of drug-likeness (QED) is 0.815. The van der Waals surface area contributed by atoms with Crippen molar-refractivity contribution in [1.82, 2.24) is 10.2 Å². The third-order valence-electron chi connectivity index (χ3n) is 7.13. The van der Waals surface area contributed by atoms with Crippen LogP contribution in [0.3, 0.4) is 0 Å². The van der Waals surface area contributed by atoms with Crippen LogP contribution in [0.1, 0.15) is 51.9 Å².